The lowest BCUT2D eigenvalue weighted by molar-refractivity contribution is 0.0943. The van der Waals surface area contributed by atoms with Crippen molar-refractivity contribution in [1.29, 1.82) is 0 Å². The number of hydrogen-bond acceptors (Lipinski definition) is 2. The molecule has 3 nitrogen and oxygen atoms in total. The van der Waals surface area contributed by atoms with Crippen molar-refractivity contribution in [3.63, 3.8) is 0 Å². The molecule has 0 saturated carbocycles. The van der Waals surface area contributed by atoms with Crippen molar-refractivity contribution in [1.82, 2.24) is 10.3 Å². The van der Waals surface area contributed by atoms with Gasteiger partial charge in [-0.3, -0.25) is 9.78 Å². The topological polar surface area (TPSA) is 42.0 Å². The Morgan fingerprint density at radius 2 is 2.00 bits per heavy atom. The van der Waals surface area contributed by atoms with Crippen LogP contribution in [0.25, 0.3) is 0 Å². The number of aromatic nitrogens is 1. The van der Waals surface area contributed by atoms with Crippen LogP contribution < -0.4 is 5.32 Å². The van der Waals surface area contributed by atoms with E-state index < -0.39 is 0 Å². The summed E-state index contributed by atoms with van der Waals surface area (Å²) in [7, 11) is 0. The van der Waals surface area contributed by atoms with Crippen LogP contribution in [-0.4, -0.2) is 16.9 Å². The van der Waals surface area contributed by atoms with E-state index in [1.807, 2.05) is 13.8 Å². The molecule has 1 rings (SSSR count). The molecule has 12 heavy (non-hydrogen) atoms. The molecule has 1 N–H and O–H groups in total. The Kier molecular flexibility index (Phi) is 2.80. The highest BCUT2D eigenvalue weighted by atomic mass is 16.1. The van der Waals surface area contributed by atoms with Crippen LogP contribution in [0, 0.1) is 0 Å². The molecule has 0 unspecified atom stereocenters. The molecule has 0 fully saturated rings. The van der Waals surface area contributed by atoms with Crippen LogP contribution in [0.4, 0.5) is 0 Å². The lowest BCUT2D eigenvalue weighted by atomic mass is 10.2. The fourth-order valence-corrected chi connectivity index (χ4v) is 0.849. The van der Waals surface area contributed by atoms with Gasteiger partial charge in [0.1, 0.15) is 0 Å². The number of amides is 1. The highest BCUT2D eigenvalue weighted by Crippen LogP contribution is 1.95. The molecule has 1 amide bonds. The summed E-state index contributed by atoms with van der Waals surface area (Å²) in [6.07, 6.45) is 3.21. The zero-order chi connectivity index (χ0) is 8.97. The van der Waals surface area contributed by atoms with E-state index in [2.05, 4.69) is 10.3 Å². The molecule has 0 aliphatic rings. The number of carbonyl (C=O) groups excluding carboxylic acids is 1. The quantitative estimate of drug-likeness (QED) is 0.714. The molecular weight excluding hydrogens is 152 g/mol. The number of hydrogen-bond donors (Lipinski definition) is 1. The van der Waals surface area contributed by atoms with Crippen LogP contribution in [0.2, 0.25) is 0 Å². The first kappa shape index (κ1) is 8.71. The molecule has 64 valence electrons. The summed E-state index contributed by atoms with van der Waals surface area (Å²) >= 11 is 0. The Hall–Kier alpha value is -1.38. The molecule has 0 aliphatic carbocycles. The van der Waals surface area contributed by atoms with Crippen molar-refractivity contribution in [2.24, 2.45) is 0 Å². The Morgan fingerprint density at radius 1 is 1.42 bits per heavy atom. The summed E-state index contributed by atoms with van der Waals surface area (Å²) in [6.45, 7) is 3.86. The minimum atomic E-state index is -0.0487. The average molecular weight is 164 g/mol. The maximum atomic E-state index is 11.3. The molecule has 0 aliphatic heterocycles. The van der Waals surface area contributed by atoms with Crippen molar-refractivity contribution >= 4 is 5.91 Å². The van der Waals surface area contributed by atoms with Gasteiger partial charge in [0.25, 0.3) is 5.91 Å². The first-order valence-corrected chi connectivity index (χ1v) is 3.91. The summed E-state index contributed by atoms with van der Waals surface area (Å²) in [4.78, 5) is 15.1. The molecule has 0 atom stereocenters. The Balaban J connectivity index is 2.66. The van der Waals surface area contributed by atoms with Crippen molar-refractivity contribution in [2.45, 2.75) is 19.9 Å². The van der Waals surface area contributed by atoms with Crippen molar-refractivity contribution in [3.8, 4) is 0 Å². The second-order valence-electron chi connectivity index (χ2n) is 2.86. The first-order chi connectivity index (χ1) is 5.70. The summed E-state index contributed by atoms with van der Waals surface area (Å²) < 4.78 is 0. The van der Waals surface area contributed by atoms with Crippen LogP contribution in [0.3, 0.4) is 0 Å². The van der Waals surface area contributed by atoms with Gasteiger partial charge < -0.3 is 5.32 Å². The van der Waals surface area contributed by atoms with Gasteiger partial charge in [-0.2, -0.15) is 0 Å². The minimum absolute atomic E-state index is 0.0487. The zero-order valence-corrected chi connectivity index (χ0v) is 7.24. The summed E-state index contributed by atoms with van der Waals surface area (Å²) in [5.41, 5.74) is 0.652. The van der Waals surface area contributed by atoms with Gasteiger partial charge >= 0.3 is 0 Å². The van der Waals surface area contributed by atoms with E-state index in [1.165, 1.54) is 0 Å². The number of nitrogens with one attached hydrogen (secondary N) is 1. The number of carbonyl (C=O) groups is 1. The Bertz CT molecular complexity index is 256. The molecule has 0 spiro atoms. The van der Waals surface area contributed by atoms with E-state index in [0.717, 1.165) is 0 Å². The Labute approximate surface area is 71.8 Å². The number of nitrogens with zero attached hydrogens (tertiary/aromatic N) is 1. The van der Waals surface area contributed by atoms with Crippen molar-refractivity contribution in [3.05, 3.63) is 30.1 Å². The maximum Gasteiger partial charge on any atom is 0.251 e. The third kappa shape index (κ3) is 2.34. The third-order valence-corrected chi connectivity index (χ3v) is 1.36. The Morgan fingerprint density at radius 3 is 2.50 bits per heavy atom. The lowest BCUT2D eigenvalue weighted by Gasteiger charge is -2.07. The van der Waals surface area contributed by atoms with E-state index >= 15 is 0 Å². The number of pyridine rings is 1. The predicted octanol–water partition coefficient (Wildman–Crippen LogP) is 1.22. The largest absolute Gasteiger partial charge is 0.350 e. The van der Waals surface area contributed by atoms with Gasteiger partial charge in [-0.05, 0) is 26.0 Å². The van der Waals surface area contributed by atoms with Gasteiger partial charge in [-0.25, -0.2) is 0 Å². The fourth-order valence-electron chi connectivity index (χ4n) is 0.849. The van der Waals surface area contributed by atoms with Crippen LogP contribution in [0.1, 0.15) is 24.2 Å². The highest BCUT2D eigenvalue weighted by molar-refractivity contribution is 5.94. The molecule has 0 bridgehead atoms. The standard InChI is InChI=1S/C9H12N2O/c1-7(2)11-9(12)8-3-5-10-6-4-8/h3-7H,1-2H3,(H,11,12). The van der Waals surface area contributed by atoms with E-state index in [0.29, 0.717) is 5.56 Å². The van der Waals surface area contributed by atoms with Gasteiger partial charge in [0.05, 0.1) is 0 Å². The molecule has 3 heteroatoms. The molecule has 0 radical (unpaired) electrons. The van der Waals surface area contributed by atoms with E-state index in [9.17, 15) is 4.79 Å². The second kappa shape index (κ2) is 3.85. The van der Waals surface area contributed by atoms with Gasteiger partial charge in [0.2, 0.25) is 0 Å². The van der Waals surface area contributed by atoms with E-state index in [-0.39, 0.29) is 11.9 Å². The molecule has 1 heterocycles. The van der Waals surface area contributed by atoms with Crippen LogP contribution in [0.5, 0.6) is 0 Å². The monoisotopic (exact) mass is 164 g/mol. The molecule has 0 saturated heterocycles. The van der Waals surface area contributed by atoms with Crippen LogP contribution in [-0.2, 0) is 0 Å². The number of rotatable bonds is 2. The molecule has 1 aromatic heterocycles. The molecule has 1 aromatic rings. The van der Waals surface area contributed by atoms with E-state index in [1.54, 1.807) is 24.5 Å². The highest BCUT2D eigenvalue weighted by Gasteiger charge is 2.04. The van der Waals surface area contributed by atoms with Crippen LogP contribution >= 0.6 is 0 Å². The van der Waals surface area contributed by atoms with Gasteiger partial charge in [-0.1, -0.05) is 0 Å². The third-order valence-electron chi connectivity index (χ3n) is 1.36. The van der Waals surface area contributed by atoms with Crippen molar-refractivity contribution < 1.29 is 4.79 Å². The first-order valence-electron chi connectivity index (χ1n) is 3.91. The lowest BCUT2D eigenvalue weighted by Crippen LogP contribution is -2.29. The summed E-state index contributed by atoms with van der Waals surface area (Å²) in [5, 5.41) is 2.79. The molecule has 0 aromatic carbocycles. The van der Waals surface area contributed by atoms with Gasteiger partial charge in [0.15, 0.2) is 0 Å². The van der Waals surface area contributed by atoms with Gasteiger partial charge in [-0.15, -0.1) is 0 Å². The zero-order valence-electron chi connectivity index (χ0n) is 7.24. The normalized spacial score (nSPS) is 9.92. The average Bonchev–Trinajstić information content (AvgIpc) is 2.05. The smallest absolute Gasteiger partial charge is 0.251 e. The van der Waals surface area contributed by atoms with Crippen molar-refractivity contribution in [2.75, 3.05) is 0 Å². The summed E-state index contributed by atoms with van der Waals surface area (Å²) in [6, 6.07) is 3.56. The fraction of sp³-hybridized carbons (Fsp3) is 0.333. The van der Waals surface area contributed by atoms with Crippen LogP contribution in [0.15, 0.2) is 24.5 Å². The predicted molar refractivity (Wildman–Crippen MR) is 46.8 cm³/mol. The minimum Gasteiger partial charge on any atom is -0.350 e. The van der Waals surface area contributed by atoms with E-state index in [4.69, 9.17) is 0 Å². The molecular formula is C9H12N2O. The maximum absolute atomic E-state index is 11.3. The van der Waals surface area contributed by atoms with Gasteiger partial charge in [0, 0.05) is 24.0 Å². The summed E-state index contributed by atoms with van der Waals surface area (Å²) in [5.74, 6) is -0.0487. The second-order valence-corrected chi connectivity index (χ2v) is 2.86. The SMILES string of the molecule is CC(C)NC(=O)c1ccncc1.